The zero-order valence-electron chi connectivity index (χ0n) is 9.46. The largest absolute Gasteiger partial charge is 0.320 e. The van der Waals surface area contributed by atoms with Crippen LogP contribution in [-0.4, -0.2) is 18.6 Å². The SMILES string of the molecule is CC.CCNC.Cc1ccncc1. The van der Waals surface area contributed by atoms with Gasteiger partial charge in [0, 0.05) is 12.4 Å². The minimum atomic E-state index is 1.07. The van der Waals surface area contributed by atoms with Crippen LogP contribution in [0.1, 0.15) is 26.3 Å². The Morgan fingerprint density at radius 2 is 1.62 bits per heavy atom. The highest BCUT2D eigenvalue weighted by Crippen LogP contribution is 1.88. The van der Waals surface area contributed by atoms with E-state index in [4.69, 9.17) is 0 Å². The van der Waals surface area contributed by atoms with Gasteiger partial charge in [-0.2, -0.15) is 0 Å². The van der Waals surface area contributed by atoms with E-state index in [0.29, 0.717) is 0 Å². The molecule has 0 spiro atoms. The van der Waals surface area contributed by atoms with Crippen LogP contribution in [0.2, 0.25) is 0 Å². The lowest BCUT2D eigenvalue weighted by molar-refractivity contribution is 0.864. The van der Waals surface area contributed by atoms with Crippen molar-refractivity contribution in [2.45, 2.75) is 27.7 Å². The van der Waals surface area contributed by atoms with Gasteiger partial charge in [-0.3, -0.25) is 4.98 Å². The monoisotopic (exact) mass is 182 g/mol. The Morgan fingerprint density at radius 1 is 1.23 bits per heavy atom. The molecule has 0 saturated heterocycles. The molecule has 0 aliphatic heterocycles. The smallest absolute Gasteiger partial charge is 0.0270 e. The molecule has 0 bridgehead atoms. The summed E-state index contributed by atoms with van der Waals surface area (Å²) >= 11 is 0. The van der Waals surface area contributed by atoms with Crippen molar-refractivity contribution in [3.63, 3.8) is 0 Å². The molecule has 0 aliphatic carbocycles. The van der Waals surface area contributed by atoms with E-state index in [1.165, 1.54) is 5.56 Å². The molecule has 0 amide bonds. The fourth-order valence-corrected chi connectivity index (χ4v) is 0.426. The Balaban J connectivity index is 0. The zero-order chi connectivity index (χ0) is 10.5. The predicted molar refractivity (Wildman–Crippen MR) is 59.9 cm³/mol. The van der Waals surface area contributed by atoms with Crippen molar-refractivity contribution in [3.8, 4) is 0 Å². The van der Waals surface area contributed by atoms with E-state index in [1.54, 1.807) is 12.4 Å². The lowest BCUT2D eigenvalue weighted by Gasteiger charge is -1.82. The maximum Gasteiger partial charge on any atom is 0.0270 e. The first-order valence-electron chi connectivity index (χ1n) is 4.82. The van der Waals surface area contributed by atoms with Gasteiger partial charge in [-0.15, -0.1) is 0 Å². The van der Waals surface area contributed by atoms with Gasteiger partial charge in [-0.1, -0.05) is 20.8 Å². The molecule has 0 unspecified atom stereocenters. The van der Waals surface area contributed by atoms with E-state index in [0.717, 1.165) is 6.54 Å². The van der Waals surface area contributed by atoms with Crippen molar-refractivity contribution in [2.24, 2.45) is 0 Å². The summed E-state index contributed by atoms with van der Waals surface area (Å²) in [6.45, 7) is 9.18. The Kier molecular flexibility index (Phi) is 15.4. The number of aryl methyl sites for hydroxylation is 1. The maximum absolute atomic E-state index is 3.85. The summed E-state index contributed by atoms with van der Waals surface area (Å²) in [6.07, 6.45) is 3.57. The van der Waals surface area contributed by atoms with Crippen LogP contribution in [0, 0.1) is 6.92 Å². The van der Waals surface area contributed by atoms with Crippen molar-refractivity contribution in [2.75, 3.05) is 13.6 Å². The fraction of sp³-hybridized carbons (Fsp3) is 0.545. The third-order valence-corrected chi connectivity index (χ3v) is 1.20. The second-order valence-corrected chi connectivity index (χ2v) is 2.23. The number of nitrogens with one attached hydrogen (secondary N) is 1. The van der Waals surface area contributed by atoms with Crippen molar-refractivity contribution < 1.29 is 0 Å². The lowest BCUT2D eigenvalue weighted by Crippen LogP contribution is -2.01. The molecule has 0 fully saturated rings. The molecule has 0 aliphatic rings. The average Bonchev–Trinajstić information content (AvgIpc) is 2.22. The molecule has 1 rings (SSSR count). The van der Waals surface area contributed by atoms with Gasteiger partial charge in [0.15, 0.2) is 0 Å². The molecule has 2 heteroatoms. The normalized spacial score (nSPS) is 7.46. The van der Waals surface area contributed by atoms with E-state index >= 15 is 0 Å². The maximum atomic E-state index is 3.85. The molecule has 1 aromatic heterocycles. The molecule has 2 nitrogen and oxygen atoms in total. The van der Waals surface area contributed by atoms with Crippen LogP contribution < -0.4 is 5.32 Å². The first kappa shape index (κ1) is 14.6. The average molecular weight is 182 g/mol. The summed E-state index contributed by atoms with van der Waals surface area (Å²) in [6, 6.07) is 3.94. The molecule has 0 saturated carbocycles. The third kappa shape index (κ3) is 14.0. The van der Waals surface area contributed by atoms with Gasteiger partial charge in [-0.25, -0.2) is 0 Å². The molecule has 13 heavy (non-hydrogen) atoms. The summed E-state index contributed by atoms with van der Waals surface area (Å²) in [5.74, 6) is 0. The van der Waals surface area contributed by atoms with Crippen molar-refractivity contribution in [1.82, 2.24) is 10.3 Å². The van der Waals surface area contributed by atoms with Gasteiger partial charge >= 0.3 is 0 Å². The first-order chi connectivity index (χ1) is 6.31. The minimum absolute atomic E-state index is 1.07. The summed E-state index contributed by atoms with van der Waals surface area (Å²) in [5.41, 5.74) is 1.26. The Bertz CT molecular complexity index is 159. The summed E-state index contributed by atoms with van der Waals surface area (Å²) in [5, 5.41) is 2.93. The fourth-order valence-electron chi connectivity index (χ4n) is 0.426. The number of nitrogens with zero attached hydrogens (tertiary/aromatic N) is 1. The lowest BCUT2D eigenvalue weighted by atomic mass is 10.3. The Labute approximate surface area is 82.4 Å². The zero-order valence-corrected chi connectivity index (χ0v) is 9.46. The number of pyridine rings is 1. The molecule has 1 heterocycles. The Morgan fingerprint density at radius 3 is 1.77 bits per heavy atom. The van der Waals surface area contributed by atoms with E-state index in [2.05, 4.69) is 17.2 Å². The van der Waals surface area contributed by atoms with Crippen molar-refractivity contribution >= 4 is 0 Å². The highest BCUT2D eigenvalue weighted by atomic mass is 14.8. The summed E-state index contributed by atoms with van der Waals surface area (Å²) < 4.78 is 0. The molecule has 1 N–H and O–H groups in total. The molecule has 76 valence electrons. The van der Waals surface area contributed by atoms with Gasteiger partial charge < -0.3 is 5.32 Å². The molecule has 1 aromatic rings. The van der Waals surface area contributed by atoms with Crippen molar-refractivity contribution in [3.05, 3.63) is 30.1 Å². The van der Waals surface area contributed by atoms with Crippen LogP contribution in [-0.2, 0) is 0 Å². The van der Waals surface area contributed by atoms with Crippen LogP contribution in [0.25, 0.3) is 0 Å². The van der Waals surface area contributed by atoms with Crippen LogP contribution >= 0.6 is 0 Å². The number of aromatic nitrogens is 1. The molecule has 0 radical (unpaired) electrons. The molecular formula is C11H22N2. The minimum Gasteiger partial charge on any atom is -0.320 e. The third-order valence-electron chi connectivity index (χ3n) is 1.20. The van der Waals surface area contributed by atoms with Gasteiger partial charge in [0.2, 0.25) is 0 Å². The van der Waals surface area contributed by atoms with Crippen LogP contribution in [0.4, 0.5) is 0 Å². The first-order valence-corrected chi connectivity index (χ1v) is 4.82. The van der Waals surface area contributed by atoms with Crippen LogP contribution in [0.15, 0.2) is 24.5 Å². The van der Waals surface area contributed by atoms with E-state index in [-0.39, 0.29) is 0 Å². The van der Waals surface area contributed by atoms with Crippen LogP contribution in [0.5, 0.6) is 0 Å². The van der Waals surface area contributed by atoms with E-state index in [9.17, 15) is 0 Å². The topological polar surface area (TPSA) is 24.9 Å². The molecular weight excluding hydrogens is 160 g/mol. The van der Waals surface area contributed by atoms with E-state index < -0.39 is 0 Å². The van der Waals surface area contributed by atoms with E-state index in [1.807, 2.05) is 40.0 Å². The van der Waals surface area contributed by atoms with Crippen LogP contribution in [0.3, 0.4) is 0 Å². The highest BCUT2D eigenvalue weighted by molar-refractivity contribution is 5.05. The highest BCUT2D eigenvalue weighted by Gasteiger charge is 1.72. The summed E-state index contributed by atoms with van der Waals surface area (Å²) in [7, 11) is 1.93. The molecule has 0 aromatic carbocycles. The van der Waals surface area contributed by atoms with Gasteiger partial charge in [-0.05, 0) is 38.2 Å². The number of hydrogen-bond acceptors (Lipinski definition) is 2. The van der Waals surface area contributed by atoms with Gasteiger partial charge in [0.1, 0.15) is 0 Å². The summed E-state index contributed by atoms with van der Waals surface area (Å²) in [4.78, 5) is 3.85. The Hall–Kier alpha value is -0.890. The van der Waals surface area contributed by atoms with Crippen molar-refractivity contribution in [1.29, 1.82) is 0 Å². The number of rotatable bonds is 1. The number of hydrogen-bond donors (Lipinski definition) is 1. The second-order valence-electron chi connectivity index (χ2n) is 2.23. The quantitative estimate of drug-likeness (QED) is 0.722. The second kappa shape index (κ2) is 13.7. The van der Waals surface area contributed by atoms with Gasteiger partial charge in [0.25, 0.3) is 0 Å². The van der Waals surface area contributed by atoms with Gasteiger partial charge in [0.05, 0.1) is 0 Å². The predicted octanol–water partition coefficient (Wildman–Crippen LogP) is 2.64. The standard InChI is InChI=1S/C6H7N.C3H9N.C2H6/c1-6-2-4-7-5-3-6;1-3-4-2;1-2/h2-5H,1H3;4H,3H2,1-2H3;1-2H3. The molecule has 0 atom stereocenters.